The molecule has 1 aliphatic carbocycles. The Labute approximate surface area is 196 Å². The largest absolute Gasteiger partial charge is 0.465 e. The third-order valence-corrected chi connectivity index (χ3v) is 8.03. The third-order valence-electron chi connectivity index (χ3n) is 8.03. The summed E-state index contributed by atoms with van der Waals surface area (Å²) in [5.74, 6) is 0.170. The maximum Gasteiger partial charge on any atom is 0.465 e. The molecule has 1 fully saturated rings. The molecule has 0 amide bonds. The molecule has 3 aromatic carbocycles. The second-order valence-electron chi connectivity index (χ2n) is 10.1. The highest BCUT2D eigenvalue weighted by molar-refractivity contribution is 6.48. The fraction of sp³-hybridized carbons (Fsp3) is 0.310. The summed E-state index contributed by atoms with van der Waals surface area (Å²) in [6.45, 7) is 8.67. The Morgan fingerprint density at radius 1 is 0.909 bits per heavy atom. The second-order valence-corrected chi connectivity index (χ2v) is 10.1. The summed E-state index contributed by atoms with van der Waals surface area (Å²) in [6, 6.07) is 23.9. The second kappa shape index (κ2) is 7.34. The lowest BCUT2D eigenvalue weighted by atomic mass is 9.67. The lowest BCUT2D eigenvalue weighted by Gasteiger charge is -2.35. The fourth-order valence-electron chi connectivity index (χ4n) is 5.59. The molecule has 2 heterocycles. The van der Waals surface area contributed by atoms with Gasteiger partial charge in [0, 0.05) is 33.5 Å². The quantitative estimate of drug-likeness (QED) is 0.318. The van der Waals surface area contributed by atoms with Gasteiger partial charge in [0.25, 0.3) is 0 Å². The number of rotatable bonds is 3. The van der Waals surface area contributed by atoms with E-state index in [0.717, 1.165) is 12.8 Å². The molecule has 2 aliphatic rings. The maximum absolute atomic E-state index is 6.58. The average molecular weight is 435 g/mol. The minimum Gasteiger partial charge on any atom is -0.403 e. The summed E-state index contributed by atoms with van der Waals surface area (Å²) >= 11 is 0. The van der Waals surface area contributed by atoms with Crippen LogP contribution in [0.4, 0.5) is 0 Å². The minimum atomic E-state index is -0.317. The van der Waals surface area contributed by atoms with Crippen LogP contribution in [0.3, 0.4) is 0 Å². The van der Waals surface area contributed by atoms with E-state index in [1.165, 1.54) is 38.6 Å². The minimum absolute atomic E-state index is 0.170. The molecule has 0 spiro atoms. The van der Waals surface area contributed by atoms with Crippen molar-refractivity contribution in [3.8, 4) is 5.69 Å². The van der Waals surface area contributed by atoms with Gasteiger partial charge in [0.15, 0.2) is 0 Å². The van der Waals surface area contributed by atoms with Gasteiger partial charge in [0.1, 0.15) is 0 Å². The molecular formula is C29H30BNO2. The Kier molecular flexibility index (Phi) is 4.62. The molecule has 0 radical (unpaired) electrons. The van der Waals surface area contributed by atoms with Crippen molar-refractivity contribution in [2.75, 3.05) is 0 Å². The van der Waals surface area contributed by atoms with E-state index in [2.05, 4.69) is 111 Å². The van der Waals surface area contributed by atoms with Gasteiger partial charge in [-0.25, -0.2) is 0 Å². The molecule has 33 heavy (non-hydrogen) atoms. The summed E-state index contributed by atoms with van der Waals surface area (Å²) in [7, 11) is -0.242. The van der Waals surface area contributed by atoms with Gasteiger partial charge in [0.05, 0.1) is 16.7 Å². The molecule has 1 aromatic heterocycles. The molecule has 166 valence electrons. The Hall–Kier alpha value is -2.82. The maximum atomic E-state index is 6.58. The topological polar surface area (TPSA) is 23.4 Å². The van der Waals surface area contributed by atoms with Crippen LogP contribution in [0.15, 0.2) is 72.8 Å². The van der Waals surface area contributed by atoms with Crippen molar-refractivity contribution in [2.24, 2.45) is 0 Å². The highest BCUT2D eigenvalue weighted by Crippen LogP contribution is 2.46. The van der Waals surface area contributed by atoms with Crippen molar-refractivity contribution >= 4 is 34.9 Å². The third kappa shape index (κ3) is 3.04. The molecular weight excluding hydrogens is 405 g/mol. The molecule has 4 aromatic rings. The standard InChI is InChI=1S/C29H30BNO2/c1-5-29(4)28(2,3)32-30(33-29)21-16-18-24-25-17-15-20-11-9-10-14-23(20)27(25)31(26(24)19-21)22-12-7-6-8-13-22/h6-18,21H,5,19H2,1-4H3. The first kappa shape index (κ1) is 20.8. The van der Waals surface area contributed by atoms with E-state index in [1.807, 2.05) is 0 Å². The Balaban J connectivity index is 1.52. The lowest BCUT2D eigenvalue weighted by Crippen LogP contribution is -2.44. The summed E-state index contributed by atoms with van der Waals surface area (Å²) in [6.07, 6.45) is 6.40. The summed E-state index contributed by atoms with van der Waals surface area (Å²) < 4.78 is 15.6. The van der Waals surface area contributed by atoms with Gasteiger partial charge in [-0.1, -0.05) is 73.7 Å². The molecule has 4 heteroatoms. The lowest BCUT2D eigenvalue weighted by molar-refractivity contribution is -0.0119. The number of allylic oxidation sites excluding steroid dienone is 1. The number of benzene rings is 3. The monoisotopic (exact) mass is 435 g/mol. The van der Waals surface area contributed by atoms with Crippen LogP contribution >= 0.6 is 0 Å². The predicted molar refractivity (Wildman–Crippen MR) is 138 cm³/mol. The van der Waals surface area contributed by atoms with Crippen LogP contribution in [0.25, 0.3) is 33.4 Å². The summed E-state index contributed by atoms with van der Waals surface area (Å²) in [5, 5.41) is 3.85. The summed E-state index contributed by atoms with van der Waals surface area (Å²) in [5.41, 5.74) is 4.51. The van der Waals surface area contributed by atoms with Crippen LogP contribution in [0.2, 0.25) is 5.82 Å². The van der Waals surface area contributed by atoms with E-state index in [1.54, 1.807) is 0 Å². The Bertz CT molecular complexity index is 1390. The van der Waals surface area contributed by atoms with Crippen LogP contribution < -0.4 is 0 Å². The van der Waals surface area contributed by atoms with E-state index in [4.69, 9.17) is 9.31 Å². The van der Waals surface area contributed by atoms with Crippen LogP contribution in [0.5, 0.6) is 0 Å². The van der Waals surface area contributed by atoms with E-state index in [-0.39, 0.29) is 24.1 Å². The Morgan fingerprint density at radius 3 is 2.42 bits per heavy atom. The molecule has 0 bridgehead atoms. The zero-order chi connectivity index (χ0) is 22.8. The zero-order valence-corrected chi connectivity index (χ0v) is 19.8. The number of fused-ring (bicyclic) bond motifs is 5. The fourth-order valence-corrected chi connectivity index (χ4v) is 5.59. The van der Waals surface area contributed by atoms with E-state index < -0.39 is 0 Å². The highest BCUT2D eigenvalue weighted by Gasteiger charge is 2.55. The normalized spacial score (nSPS) is 24.0. The van der Waals surface area contributed by atoms with Crippen LogP contribution in [0.1, 0.15) is 45.4 Å². The van der Waals surface area contributed by atoms with Gasteiger partial charge in [-0.15, -0.1) is 0 Å². The number of para-hydroxylation sites is 1. The SMILES string of the molecule is CCC1(C)OB(C2C=Cc3c(n(-c4ccccc4)c4c3ccc3ccccc34)C2)OC1(C)C. The van der Waals surface area contributed by atoms with Gasteiger partial charge >= 0.3 is 7.12 Å². The van der Waals surface area contributed by atoms with Gasteiger partial charge in [-0.2, -0.15) is 0 Å². The number of hydrogen-bond donors (Lipinski definition) is 0. The van der Waals surface area contributed by atoms with E-state index in [9.17, 15) is 0 Å². The van der Waals surface area contributed by atoms with Crippen LogP contribution in [-0.4, -0.2) is 22.9 Å². The molecule has 0 N–H and O–H groups in total. The number of hydrogen-bond acceptors (Lipinski definition) is 2. The summed E-state index contributed by atoms with van der Waals surface area (Å²) in [4.78, 5) is 0. The van der Waals surface area contributed by atoms with Gasteiger partial charge in [-0.05, 0) is 51.1 Å². The van der Waals surface area contributed by atoms with E-state index >= 15 is 0 Å². The molecule has 3 nitrogen and oxygen atoms in total. The molecule has 0 saturated carbocycles. The molecule has 1 aliphatic heterocycles. The Morgan fingerprint density at radius 2 is 1.67 bits per heavy atom. The number of aromatic nitrogens is 1. The van der Waals surface area contributed by atoms with Crippen molar-refractivity contribution in [3.63, 3.8) is 0 Å². The number of nitrogens with zero attached hydrogens (tertiary/aromatic N) is 1. The van der Waals surface area contributed by atoms with Crippen molar-refractivity contribution < 1.29 is 9.31 Å². The average Bonchev–Trinajstić information content (AvgIpc) is 3.30. The smallest absolute Gasteiger partial charge is 0.403 e. The highest BCUT2D eigenvalue weighted by atomic mass is 16.7. The first-order valence-electron chi connectivity index (χ1n) is 12.1. The van der Waals surface area contributed by atoms with Crippen molar-refractivity contribution in [1.29, 1.82) is 0 Å². The van der Waals surface area contributed by atoms with Gasteiger partial charge < -0.3 is 13.9 Å². The first-order valence-corrected chi connectivity index (χ1v) is 12.1. The zero-order valence-electron chi connectivity index (χ0n) is 19.8. The van der Waals surface area contributed by atoms with Gasteiger partial charge in [0.2, 0.25) is 0 Å². The molecule has 6 rings (SSSR count). The van der Waals surface area contributed by atoms with E-state index in [0.29, 0.717) is 0 Å². The first-order chi connectivity index (χ1) is 15.9. The predicted octanol–water partition coefficient (Wildman–Crippen LogP) is 7.21. The van der Waals surface area contributed by atoms with Gasteiger partial charge in [-0.3, -0.25) is 0 Å². The molecule has 1 saturated heterocycles. The van der Waals surface area contributed by atoms with Crippen molar-refractivity contribution in [3.05, 3.63) is 84.1 Å². The van der Waals surface area contributed by atoms with Crippen LogP contribution in [-0.2, 0) is 15.7 Å². The molecule has 2 atom stereocenters. The van der Waals surface area contributed by atoms with Crippen LogP contribution in [0, 0.1) is 0 Å². The molecule has 2 unspecified atom stereocenters. The van der Waals surface area contributed by atoms with Crippen molar-refractivity contribution in [1.82, 2.24) is 4.57 Å². The van der Waals surface area contributed by atoms with Crippen molar-refractivity contribution in [2.45, 2.75) is 57.6 Å².